The molecule has 0 radical (unpaired) electrons. The van der Waals surface area contributed by atoms with Crippen molar-refractivity contribution in [1.29, 1.82) is 0 Å². The van der Waals surface area contributed by atoms with Gasteiger partial charge >= 0.3 is 0 Å². The maximum Gasteiger partial charge on any atom is 0.261 e. The number of aryl methyl sites for hydroxylation is 2. The molecule has 0 spiro atoms. The van der Waals surface area contributed by atoms with E-state index in [1.165, 1.54) is 0 Å². The summed E-state index contributed by atoms with van der Waals surface area (Å²) in [6.45, 7) is 0.805. The molecule has 0 bridgehead atoms. The molecule has 0 aliphatic carbocycles. The van der Waals surface area contributed by atoms with E-state index in [2.05, 4.69) is 11.4 Å². The van der Waals surface area contributed by atoms with Crippen LogP contribution in [0.25, 0.3) is 10.9 Å². The van der Waals surface area contributed by atoms with E-state index in [4.69, 9.17) is 4.74 Å². The van der Waals surface area contributed by atoms with Gasteiger partial charge in [0.1, 0.15) is 17.1 Å². The van der Waals surface area contributed by atoms with Crippen LogP contribution in [-0.2, 0) is 13.0 Å². The molecule has 5 nitrogen and oxygen atoms in total. The normalized spacial score (nSPS) is 12.5. The van der Waals surface area contributed by atoms with Crippen LogP contribution < -0.4 is 15.5 Å². The molecular weight excluding hydrogens is 376 g/mol. The van der Waals surface area contributed by atoms with Crippen LogP contribution in [0.4, 0.5) is 5.69 Å². The lowest BCUT2D eigenvalue weighted by Crippen LogP contribution is -2.25. The third-order valence-electron chi connectivity index (χ3n) is 5.36. The summed E-state index contributed by atoms with van der Waals surface area (Å²) in [6.07, 6.45) is 3.65. The molecule has 30 heavy (non-hydrogen) atoms. The molecule has 1 aromatic heterocycles. The third-order valence-corrected chi connectivity index (χ3v) is 5.36. The number of nitrogens with zero attached hydrogens (tertiary/aromatic N) is 1. The van der Waals surface area contributed by atoms with Crippen LogP contribution in [0.3, 0.4) is 0 Å². The Hall–Kier alpha value is -3.86. The maximum atomic E-state index is 13.0. The van der Waals surface area contributed by atoms with Crippen LogP contribution in [-0.4, -0.2) is 10.5 Å². The first kappa shape index (κ1) is 18.2. The van der Waals surface area contributed by atoms with Crippen LogP contribution in [0, 0.1) is 0 Å². The minimum absolute atomic E-state index is 0.158. The fourth-order valence-electron chi connectivity index (χ4n) is 3.95. The minimum Gasteiger partial charge on any atom is -0.457 e. The van der Waals surface area contributed by atoms with Gasteiger partial charge in [-0.1, -0.05) is 30.3 Å². The number of rotatable bonds is 4. The Morgan fingerprint density at radius 1 is 0.900 bits per heavy atom. The summed E-state index contributed by atoms with van der Waals surface area (Å²) >= 11 is 0. The topological polar surface area (TPSA) is 60.3 Å². The van der Waals surface area contributed by atoms with Crippen molar-refractivity contribution < 1.29 is 9.53 Å². The zero-order valence-electron chi connectivity index (χ0n) is 16.3. The third kappa shape index (κ3) is 3.35. The van der Waals surface area contributed by atoms with Crippen LogP contribution in [0.15, 0.2) is 83.8 Å². The van der Waals surface area contributed by atoms with Gasteiger partial charge in [0, 0.05) is 23.8 Å². The molecule has 0 atom stereocenters. The summed E-state index contributed by atoms with van der Waals surface area (Å²) < 4.78 is 7.80. The van der Waals surface area contributed by atoms with E-state index in [1.807, 2.05) is 41.0 Å². The minimum atomic E-state index is -0.404. The van der Waals surface area contributed by atoms with Crippen molar-refractivity contribution in [3.8, 4) is 11.5 Å². The van der Waals surface area contributed by atoms with E-state index in [9.17, 15) is 9.59 Å². The molecule has 4 aromatic rings. The quantitative estimate of drug-likeness (QED) is 0.529. The Kier molecular flexibility index (Phi) is 4.56. The van der Waals surface area contributed by atoms with Gasteiger partial charge in [-0.15, -0.1) is 0 Å². The van der Waals surface area contributed by atoms with E-state index in [1.54, 1.807) is 36.5 Å². The molecule has 3 aromatic carbocycles. The molecule has 0 saturated carbocycles. The fraction of sp³-hybridized carbons (Fsp3) is 0.120. The highest BCUT2D eigenvalue weighted by Gasteiger charge is 2.19. The summed E-state index contributed by atoms with van der Waals surface area (Å²) in [6, 6.07) is 22.3. The standard InChI is InChI=1S/C25H20N2O3/c28-24-21-10-4-6-17-7-5-15-27(23(17)21)16-22(24)25(29)26-18-11-13-20(14-12-18)30-19-8-2-1-3-9-19/h1-4,6,8-14,16H,5,7,15H2,(H,26,29). The van der Waals surface area contributed by atoms with Crippen molar-refractivity contribution in [2.75, 3.05) is 5.32 Å². The van der Waals surface area contributed by atoms with Crippen molar-refractivity contribution in [2.24, 2.45) is 0 Å². The Morgan fingerprint density at radius 2 is 1.67 bits per heavy atom. The SMILES string of the molecule is O=C(Nc1ccc(Oc2ccccc2)cc1)c1cn2c3c(cccc3c1=O)CCC2. The lowest BCUT2D eigenvalue weighted by molar-refractivity contribution is 0.102. The summed E-state index contributed by atoms with van der Waals surface area (Å²) in [4.78, 5) is 25.8. The van der Waals surface area contributed by atoms with Gasteiger partial charge in [-0.05, 0) is 60.9 Å². The fourth-order valence-corrected chi connectivity index (χ4v) is 3.95. The first-order chi connectivity index (χ1) is 14.7. The average molecular weight is 396 g/mol. The number of benzene rings is 3. The maximum absolute atomic E-state index is 13.0. The van der Waals surface area contributed by atoms with Crippen molar-refractivity contribution >= 4 is 22.5 Å². The monoisotopic (exact) mass is 396 g/mol. The first-order valence-corrected chi connectivity index (χ1v) is 9.98. The number of ether oxygens (including phenoxy) is 1. The number of hydrogen-bond donors (Lipinski definition) is 1. The Bertz CT molecular complexity index is 1290. The van der Waals surface area contributed by atoms with Crippen LogP contribution in [0.1, 0.15) is 22.3 Å². The van der Waals surface area contributed by atoms with Crippen molar-refractivity contribution in [1.82, 2.24) is 4.57 Å². The highest BCUT2D eigenvalue weighted by atomic mass is 16.5. The zero-order valence-corrected chi connectivity index (χ0v) is 16.3. The number of carbonyl (C=O) groups excluding carboxylic acids is 1. The second-order valence-electron chi connectivity index (χ2n) is 7.38. The summed E-state index contributed by atoms with van der Waals surface area (Å²) in [7, 11) is 0. The second kappa shape index (κ2) is 7.52. The Balaban J connectivity index is 1.40. The summed E-state index contributed by atoms with van der Waals surface area (Å²) in [5.41, 5.74) is 2.65. The molecule has 5 rings (SSSR count). The van der Waals surface area contributed by atoms with Gasteiger partial charge in [-0.2, -0.15) is 0 Å². The lowest BCUT2D eigenvalue weighted by Gasteiger charge is -2.20. The summed E-state index contributed by atoms with van der Waals surface area (Å²) in [5.74, 6) is 1.01. The number of hydrogen-bond acceptors (Lipinski definition) is 3. The number of aromatic nitrogens is 1. The zero-order chi connectivity index (χ0) is 20.5. The van der Waals surface area contributed by atoms with Crippen molar-refractivity contribution in [3.63, 3.8) is 0 Å². The average Bonchev–Trinajstić information content (AvgIpc) is 2.78. The van der Waals surface area contributed by atoms with E-state index in [0.29, 0.717) is 16.8 Å². The molecule has 148 valence electrons. The Labute approximate surface area is 173 Å². The van der Waals surface area contributed by atoms with Gasteiger partial charge in [-0.25, -0.2) is 0 Å². The lowest BCUT2D eigenvalue weighted by atomic mass is 10.00. The molecule has 0 unspecified atom stereocenters. The number of carbonyl (C=O) groups is 1. The van der Waals surface area contributed by atoms with Crippen LogP contribution in [0.5, 0.6) is 11.5 Å². The molecule has 1 N–H and O–H groups in total. The number of pyridine rings is 1. The molecule has 2 heterocycles. The predicted octanol–water partition coefficient (Wildman–Crippen LogP) is 4.99. The van der Waals surface area contributed by atoms with Crippen LogP contribution >= 0.6 is 0 Å². The Morgan fingerprint density at radius 3 is 2.47 bits per heavy atom. The molecular formula is C25H20N2O3. The van der Waals surface area contributed by atoms with Gasteiger partial charge in [-0.3, -0.25) is 9.59 Å². The van der Waals surface area contributed by atoms with E-state index in [0.717, 1.165) is 36.2 Å². The van der Waals surface area contributed by atoms with Crippen molar-refractivity contribution in [2.45, 2.75) is 19.4 Å². The number of amides is 1. The molecule has 1 amide bonds. The predicted molar refractivity (Wildman–Crippen MR) is 117 cm³/mol. The first-order valence-electron chi connectivity index (χ1n) is 9.98. The highest BCUT2D eigenvalue weighted by molar-refractivity contribution is 6.06. The molecule has 0 fully saturated rings. The van der Waals surface area contributed by atoms with Crippen LogP contribution in [0.2, 0.25) is 0 Å². The smallest absolute Gasteiger partial charge is 0.261 e. The highest BCUT2D eigenvalue weighted by Crippen LogP contribution is 2.25. The van der Waals surface area contributed by atoms with Gasteiger partial charge in [0.15, 0.2) is 0 Å². The van der Waals surface area contributed by atoms with Crippen molar-refractivity contribution in [3.05, 3.63) is 100 Å². The molecule has 0 saturated heterocycles. The van der Waals surface area contributed by atoms with Gasteiger partial charge in [0.05, 0.1) is 5.52 Å². The largest absolute Gasteiger partial charge is 0.457 e. The number of nitrogens with one attached hydrogen (secondary N) is 1. The summed E-state index contributed by atoms with van der Waals surface area (Å²) in [5, 5.41) is 3.43. The molecule has 1 aliphatic rings. The second-order valence-corrected chi connectivity index (χ2v) is 7.38. The van der Waals surface area contributed by atoms with Gasteiger partial charge in [0.2, 0.25) is 5.43 Å². The number of anilines is 1. The van der Waals surface area contributed by atoms with Gasteiger partial charge < -0.3 is 14.6 Å². The molecule has 5 heteroatoms. The van der Waals surface area contributed by atoms with Gasteiger partial charge in [0.25, 0.3) is 5.91 Å². The molecule has 1 aliphatic heterocycles. The van der Waals surface area contributed by atoms with E-state index < -0.39 is 5.91 Å². The van der Waals surface area contributed by atoms with E-state index >= 15 is 0 Å². The number of para-hydroxylation sites is 2. The van der Waals surface area contributed by atoms with E-state index in [-0.39, 0.29) is 11.0 Å².